The molecule has 2 aromatic rings. The third-order valence-electron chi connectivity index (χ3n) is 4.44. The maximum Gasteiger partial charge on any atom is 0.322 e. The summed E-state index contributed by atoms with van der Waals surface area (Å²) in [6, 6.07) is 15.1. The average Bonchev–Trinajstić information content (AvgIpc) is 2.70. The van der Waals surface area contributed by atoms with Gasteiger partial charge in [-0.3, -0.25) is 4.79 Å². The zero-order chi connectivity index (χ0) is 19.2. The van der Waals surface area contributed by atoms with Crippen LogP contribution in [0.3, 0.4) is 0 Å². The largest absolute Gasteiger partial charge is 0.370 e. The van der Waals surface area contributed by atoms with Gasteiger partial charge in [0.25, 0.3) is 0 Å². The van der Waals surface area contributed by atoms with Crippen LogP contribution in [0, 0.1) is 0 Å². The summed E-state index contributed by atoms with van der Waals surface area (Å²) in [5.41, 5.74) is 2.65. The number of amides is 3. The third kappa shape index (κ3) is 5.30. The minimum absolute atomic E-state index is 0.0425. The Morgan fingerprint density at radius 2 is 1.85 bits per heavy atom. The molecule has 0 spiro atoms. The molecule has 2 N–H and O–H groups in total. The molecule has 1 aliphatic heterocycles. The number of carbonyl (C=O) groups excluding carboxylic acids is 2. The molecule has 3 rings (SSSR count). The Morgan fingerprint density at radius 1 is 1.15 bits per heavy atom. The summed E-state index contributed by atoms with van der Waals surface area (Å²) in [6.45, 7) is 1.55. The van der Waals surface area contributed by atoms with Crippen molar-refractivity contribution >= 4 is 33.6 Å². The topological polar surface area (TPSA) is 70.7 Å². The Bertz CT molecular complexity index is 793. The van der Waals surface area contributed by atoms with Crippen molar-refractivity contribution in [1.29, 1.82) is 0 Å². The van der Waals surface area contributed by atoms with Crippen LogP contribution in [0.4, 0.5) is 10.5 Å². The van der Waals surface area contributed by atoms with Crippen LogP contribution in [0.5, 0.6) is 0 Å². The van der Waals surface area contributed by atoms with Crippen LogP contribution in [0.2, 0.25) is 0 Å². The Morgan fingerprint density at radius 3 is 2.52 bits per heavy atom. The van der Waals surface area contributed by atoms with Gasteiger partial charge in [-0.05, 0) is 35.4 Å². The van der Waals surface area contributed by atoms with Gasteiger partial charge in [-0.15, -0.1) is 0 Å². The highest BCUT2D eigenvalue weighted by Gasteiger charge is 2.25. The maximum absolute atomic E-state index is 12.6. The van der Waals surface area contributed by atoms with Gasteiger partial charge in [-0.2, -0.15) is 0 Å². The summed E-state index contributed by atoms with van der Waals surface area (Å²) in [5, 5.41) is 5.50. The second-order valence-corrected chi connectivity index (χ2v) is 7.25. The predicted molar refractivity (Wildman–Crippen MR) is 108 cm³/mol. The van der Waals surface area contributed by atoms with Gasteiger partial charge in [0.15, 0.2) is 0 Å². The van der Waals surface area contributed by atoms with Crippen LogP contribution in [0.1, 0.15) is 17.2 Å². The minimum Gasteiger partial charge on any atom is -0.370 e. The molecule has 0 aromatic heterocycles. The molecule has 6 nitrogen and oxygen atoms in total. The summed E-state index contributed by atoms with van der Waals surface area (Å²) in [6.07, 6.45) is 0.191. The summed E-state index contributed by atoms with van der Waals surface area (Å²) in [5.74, 6) is -0.0425. The van der Waals surface area contributed by atoms with Gasteiger partial charge in [-0.1, -0.05) is 40.2 Å². The summed E-state index contributed by atoms with van der Waals surface area (Å²) in [4.78, 5) is 25.8. The van der Waals surface area contributed by atoms with E-state index in [-0.39, 0.29) is 18.0 Å². The SMILES string of the molecule is CNC(=O)Cc1ccc(NC(=O)N2CCOC(c3ccc(Br)cc3)C2)cc1. The van der Waals surface area contributed by atoms with E-state index >= 15 is 0 Å². The molecule has 0 aliphatic carbocycles. The van der Waals surface area contributed by atoms with E-state index in [2.05, 4.69) is 26.6 Å². The zero-order valence-corrected chi connectivity index (χ0v) is 16.7. The quantitative estimate of drug-likeness (QED) is 0.779. The number of rotatable bonds is 4. The van der Waals surface area contributed by atoms with Crippen LogP contribution in [0.15, 0.2) is 53.0 Å². The van der Waals surface area contributed by atoms with E-state index in [1.165, 1.54) is 0 Å². The van der Waals surface area contributed by atoms with E-state index in [0.29, 0.717) is 31.8 Å². The number of nitrogens with zero attached hydrogens (tertiary/aromatic N) is 1. The van der Waals surface area contributed by atoms with Crippen molar-refractivity contribution in [2.45, 2.75) is 12.5 Å². The molecule has 7 heteroatoms. The Kier molecular flexibility index (Phi) is 6.47. The number of hydrogen-bond acceptors (Lipinski definition) is 3. The third-order valence-corrected chi connectivity index (χ3v) is 4.97. The number of likely N-dealkylation sites (N-methyl/N-ethyl adjacent to an activating group) is 1. The van der Waals surface area contributed by atoms with E-state index in [1.54, 1.807) is 11.9 Å². The highest BCUT2D eigenvalue weighted by atomic mass is 79.9. The lowest BCUT2D eigenvalue weighted by molar-refractivity contribution is -0.119. The molecule has 1 unspecified atom stereocenters. The molecular formula is C20H22BrN3O3. The lowest BCUT2D eigenvalue weighted by atomic mass is 10.1. The molecule has 1 aliphatic rings. The second-order valence-electron chi connectivity index (χ2n) is 6.33. The number of hydrogen-bond donors (Lipinski definition) is 2. The van der Waals surface area contributed by atoms with Crippen molar-refractivity contribution in [2.24, 2.45) is 0 Å². The first kappa shape index (κ1) is 19.4. The highest BCUT2D eigenvalue weighted by Crippen LogP contribution is 2.24. The number of anilines is 1. The fourth-order valence-corrected chi connectivity index (χ4v) is 3.16. The van der Waals surface area contributed by atoms with Crippen LogP contribution in [0.25, 0.3) is 0 Å². The molecule has 142 valence electrons. The van der Waals surface area contributed by atoms with Crippen LogP contribution in [-0.2, 0) is 16.0 Å². The number of ether oxygens (including phenoxy) is 1. The van der Waals surface area contributed by atoms with Gasteiger partial charge in [0.2, 0.25) is 5.91 Å². The summed E-state index contributed by atoms with van der Waals surface area (Å²) < 4.78 is 6.83. The van der Waals surface area contributed by atoms with Gasteiger partial charge in [-0.25, -0.2) is 4.79 Å². The first-order valence-electron chi connectivity index (χ1n) is 8.77. The van der Waals surface area contributed by atoms with Crippen molar-refractivity contribution in [1.82, 2.24) is 10.2 Å². The molecule has 27 heavy (non-hydrogen) atoms. The molecular weight excluding hydrogens is 410 g/mol. The van der Waals surface area contributed by atoms with Crippen molar-refractivity contribution in [3.05, 3.63) is 64.1 Å². The van der Waals surface area contributed by atoms with Gasteiger partial charge in [0.1, 0.15) is 6.10 Å². The fourth-order valence-electron chi connectivity index (χ4n) is 2.90. The molecule has 1 heterocycles. The monoisotopic (exact) mass is 431 g/mol. The van der Waals surface area contributed by atoms with Gasteiger partial charge in [0.05, 0.1) is 19.6 Å². The minimum atomic E-state index is -0.153. The highest BCUT2D eigenvalue weighted by molar-refractivity contribution is 9.10. The van der Waals surface area contributed by atoms with Crippen LogP contribution >= 0.6 is 15.9 Å². The van der Waals surface area contributed by atoms with Crippen molar-refractivity contribution < 1.29 is 14.3 Å². The van der Waals surface area contributed by atoms with Crippen LogP contribution in [-0.4, -0.2) is 43.6 Å². The molecule has 3 amide bonds. The lowest BCUT2D eigenvalue weighted by Crippen LogP contribution is -2.44. The number of halogens is 1. The van der Waals surface area contributed by atoms with E-state index in [1.807, 2.05) is 48.5 Å². The number of benzene rings is 2. The van der Waals surface area contributed by atoms with E-state index in [9.17, 15) is 9.59 Å². The lowest BCUT2D eigenvalue weighted by Gasteiger charge is -2.33. The number of morpholine rings is 1. The van der Waals surface area contributed by atoms with E-state index < -0.39 is 0 Å². The number of urea groups is 1. The molecule has 0 bridgehead atoms. The predicted octanol–water partition coefficient (Wildman–Crippen LogP) is 3.34. The van der Waals surface area contributed by atoms with E-state index in [0.717, 1.165) is 15.6 Å². The van der Waals surface area contributed by atoms with Gasteiger partial charge in [0, 0.05) is 23.8 Å². The van der Waals surface area contributed by atoms with Gasteiger partial charge >= 0.3 is 6.03 Å². The van der Waals surface area contributed by atoms with Crippen molar-refractivity contribution in [2.75, 3.05) is 32.1 Å². The van der Waals surface area contributed by atoms with E-state index in [4.69, 9.17) is 4.74 Å². The normalized spacial score (nSPS) is 16.7. The molecule has 1 fully saturated rings. The fraction of sp³-hybridized carbons (Fsp3) is 0.300. The standard InChI is InChI=1S/C20H22BrN3O3/c1-22-19(25)12-14-2-8-17(9-3-14)23-20(26)24-10-11-27-18(13-24)15-4-6-16(21)7-5-15/h2-9,18H,10-13H2,1H3,(H,22,25)(H,23,26). The molecule has 2 aromatic carbocycles. The molecule has 0 saturated carbocycles. The second kappa shape index (κ2) is 9.01. The average molecular weight is 432 g/mol. The van der Waals surface area contributed by atoms with Gasteiger partial charge < -0.3 is 20.3 Å². The zero-order valence-electron chi connectivity index (χ0n) is 15.1. The number of nitrogens with one attached hydrogen (secondary N) is 2. The Balaban J connectivity index is 1.58. The molecule has 1 atom stereocenters. The van der Waals surface area contributed by atoms with Crippen molar-refractivity contribution in [3.8, 4) is 0 Å². The van der Waals surface area contributed by atoms with Crippen LogP contribution < -0.4 is 10.6 Å². The summed E-state index contributed by atoms with van der Waals surface area (Å²) in [7, 11) is 1.61. The molecule has 1 saturated heterocycles. The smallest absolute Gasteiger partial charge is 0.322 e. The Hall–Kier alpha value is -2.38. The first-order valence-corrected chi connectivity index (χ1v) is 9.57. The molecule has 0 radical (unpaired) electrons. The summed E-state index contributed by atoms with van der Waals surface area (Å²) >= 11 is 3.43. The van der Waals surface area contributed by atoms with Crippen molar-refractivity contribution in [3.63, 3.8) is 0 Å². The number of carbonyl (C=O) groups is 2. The Labute approximate surface area is 167 Å². The maximum atomic E-state index is 12.6. The first-order chi connectivity index (χ1) is 13.0.